The van der Waals surface area contributed by atoms with Gasteiger partial charge in [0, 0.05) is 32.7 Å². The number of hydrogen-bond donors (Lipinski definition) is 3. The smallest absolute Gasteiger partial charge is 0.308 e. The van der Waals surface area contributed by atoms with Crippen molar-refractivity contribution in [1.29, 1.82) is 0 Å². The molecule has 0 spiro atoms. The predicted molar refractivity (Wildman–Crippen MR) is 119 cm³/mol. The van der Waals surface area contributed by atoms with E-state index in [0.29, 0.717) is 26.1 Å². The second-order valence-electron chi connectivity index (χ2n) is 9.87. The monoisotopic (exact) mass is 439 g/mol. The molecule has 0 saturated carbocycles. The first-order valence-electron chi connectivity index (χ1n) is 11.4. The Balaban J connectivity index is 1.90. The molecule has 2 heterocycles. The number of nitrogens with two attached hydrogens (primary N) is 1. The molecule has 2 unspecified atom stereocenters. The van der Waals surface area contributed by atoms with Crippen molar-refractivity contribution in [1.82, 2.24) is 20.4 Å². The lowest BCUT2D eigenvalue weighted by Crippen LogP contribution is -2.58. The summed E-state index contributed by atoms with van der Waals surface area (Å²) >= 11 is 0. The number of carbonyl (C=O) groups excluding carboxylic acids is 3. The van der Waals surface area contributed by atoms with Crippen LogP contribution >= 0.6 is 0 Å². The van der Waals surface area contributed by atoms with Gasteiger partial charge < -0.3 is 30.9 Å². The zero-order chi connectivity index (χ0) is 23.2. The maximum absolute atomic E-state index is 13.3. The van der Waals surface area contributed by atoms with Crippen LogP contribution in [0.4, 0.5) is 0 Å². The summed E-state index contributed by atoms with van der Waals surface area (Å²) in [5, 5.41) is 6.06. The lowest BCUT2D eigenvalue weighted by Gasteiger charge is -2.37. The van der Waals surface area contributed by atoms with Crippen molar-refractivity contribution in [2.45, 2.75) is 64.6 Å². The number of carbonyl (C=O) groups is 3. The van der Waals surface area contributed by atoms with Crippen molar-refractivity contribution in [3.05, 3.63) is 0 Å². The first kappa shape index (κ1) is 25.5. The van der Waals surface area contributed by atoms with Crippen molar-refractivity contribution in [2.75, 3.05) is 46.9 Å². The Morgan fingerprint density at radius 1 is 1.13 bits per heavy atom. The zero-order valence-electron chi connectivity index (χ0n) is 19.8. The Labute approximate surface area is 186 Å². The maximum Gasteiger partial charge on any atom is 0.308 e. The van der Waals surface area contributed by atoms with Gasteiger partial charge in [-0.15, -0.1) is 0 Å². The number of hydrogen-bond acceptors (Lipinski definition) is 7. The highest BCUT2D eigenvalue weighted by molar-refractivity contribution is 5.90. The number of piperidine rings is 1. The number of esters is 1. The Bertz CT molecular complexity index is 628. The third kappa shape index (κ3) is 6.89. The zero-order valence-corrected chi connectivity index (χ0v) is 19.8. The maximum atomic E-state index is 13.3. The molecule has 9 nitrogen and oxygen atoms in total. The second kappa shape index (κ2) is 11.2. The van der Waals surface area contributed by atoms with E-state index in [-0.39, 0.29) is 35.2 Å². The highest BCUT2D eigenvalue weighted by Crippen LogP contribution is 2.26. The standard InChI is InChI=1S/C22H41N5O4/c1-22(2,3)18(20(29)27-10-6-7-17(27)19(28)24-4)25-13-16(23)14-26-11-8-15(9-12-26)21(30)31-5/h15-18,25H,6-14,23H2,1-5H3,(H,24,28)/t16?,17?,18-/m1/s1. The second-order valence-corrected chi connectivity index (χ2v) is 9.87. The van der Waals surface area contributed by atoms with Gasteiger partial charge in [-0.25, -0.2) is 0 Å². The van der Waals surface area contributed by atoms with Crippen LogP contribution in [0.1, 0.15) is 46.5 Å². The van der Waals surface area contributed by atoms with E-state index in [1.807, 2.05) is 20.8 Å². The van der Waals surface area contributed by atoms with Crippen LogP contribution in [0.5, 0.6) is 0 Å². The van der Waals surface area contributed by atoms with Crippen LogP contribution in [0.15, 0.2) is 0 Å². The van der Waals surface area contributed by atoms with Crippen molar-refractivity contribution < 1.29 is 19.1 Å². The minimum Gasteiger partial charge on any atom is -0.469 e. The van der Waals surface area contributed by atoms with Gasteiger partial charge in [0.2, 0.25) is 11.8 Å². The molecule has 4 N–H and O–H groups in total. The molecule has 2 saturated heterocycles. The number of ether oxygens (including phenoxy) is 1. The molecule has 31 heavy (non-hydrogen) atoms. The Morgan fingerprint density at radius 2 is 1.77 bits per heavy atom. The molecule has 178 valence electrons. The van der Waals surface area contributed by atoms with E-state index in [1.165, 1.54) is 7.11 Å². The molecule has 2 aliphatic heterocycles. The van der Waals surface area contributed by atoms with Crippen LogP contribution in [-0.4, -0.2) is 92.6 Å². The average molecular weight is 440 g/mol. The van der Waals surface area contributed by atoms with E-state index < -0.39 is 12.1 Å². The van der Waals surface area contributed by atoms with Gasteiger partial charge in [-0.3, -0.25) is 14.4 Å². The lowest BCUT2D eigenvalue weighted by atomic mass is 9.85. The van der Waals surface area contributed by atoms with Gasteiger partial charge in [0.25, 0.3) is 0 Å². The van der Waals surface area contributed by atoms with E-state index in [1.54, 1.807) is 11.9 Å². The van der Waals surface area contributed by atoms with Crippen LogP contribution in [0, 0.1) is 11.3 Å². The average Bonchev–Trinajstić information content (AvgIpc) is 3.22. The molecule has 2 rings (SSSR count). The largest absolute Gasteiger partial charge is 0.469 e. The molecule has 0 bridgehead atoms. The number of likely N-dealkylation sites (N-methyl/N-ethyl adjacent to an activating group) is 1. The highest BCUT2D eigenvalue weighted by atomic mass is 16.5. The lowest BCUT2D eigenvalue weighted by molar-refractivity contribution is -0.147. The van der Waals surface area contributed by atoms with E-state index in [9.17, 15) is 14.4 Å². The number of rotatable bonds is 8. The van der Waals surface area contributed by atoms with Crippen molar-refractivity contribution >= 4 is 17.8 Å². The number of amides is 2. The van der Waals surface area contributed by atoms with Crippen molar-refractivity contribution in [3.63, 3.8) is 0 Å². The molecule has 2 amide bonds. The topological polar surface area (TPSA) is 117 Å². The molecular formula is C22H41N5O4. The molecule has 0 aromatic heterocycles. The molecule has 3 atom stereocenters. The number of nitrogens with one attached hydrogen (secondary N) is 2. The molecule has 0 aromatic carbocycles. The molecule has 9 heteroatoms. The fraction of sp³-hybridized carbons (Fsp3) is 0.864. The van der Waals surface area contributed by atoms with Crippen molar-refractivity contribution in [3.8, 4) is 0 Å². The van der Waals surface area contributed by atoms with Gasteiger partial charge in [-0.2, -0.15) is 0 Å². The van der Waals surface area contributed by atoms with Gasteiger partial charge in [-0.05, 0) is 44.2 Å². The predicted octanol–water partition coefficient (Wildman–Crippen LogP) is -0.0600. The van der Waals surface area contributed by atoms with Gasteiger partial charge in [-0.1, -0.05) is 20.8 Å². The van der Waals surface area contributed by atoms with Crippen LogP contribution in [0.25, 0.3) is 0 Å². The van der Waals surface area contributed by atoms with Crippen LogP contribution in [0.2, 0.25) is 0 Å². The summed E-state index contributed by atoms with van der Waals surface area (Å²) in [6, 6.07) is -0.955. The van der Waals surface area contributed by atoms with Crippen LogP contribution < -0.4 is 16.4 Å². The number of likely N-dealkylation sites (tertiary alicyclic amines) is 2. The quantitative estimate of drug-likeness (QED) is 0.454. The Kier molecular flexibility index (Phi) is 9.27. The number of methoxy groups -OCH3 is 1. The molecule has 0 radical (unpaired) electrons. The number of nitrogens with zero attached hydrogens (tertiary/aromatic N) is 2. The fourth-order valence-corrected chi connectivity index (χ4v) is 4.58. The van der Waals surface area contributed by atoms with Crippen molar-refractivity contribution in [2.24, 2.45) is 17.1 Å². The molecule has 0 aliphatic carbocycles. The van der Waals surface area contributed by atoms with Crippen LogP contribution in [-0.2, 0) is 19.1 Å². The van der Waals surface area contributed by atoms with Gasteiger partial charge >= 0.3 is 5.97 Å². The molecule has 0 aromatic rings. The summed E-state index contributed by atoms with van der Waals surface area (Å²) in [5.74, 6) is -0.295. The summed E-state index contributed by atoms with van der Waals surface area (Å²) in [6.45, 7) is 9.52. The minimum absolute atomic E-state index is 0.0211. The highest BCUT2D eigenvalue weighted by Gasteiger charge is 2.40. The molecule has 2 aliphatic rings. The molecular weight excluding hydrogens is 398 g/mol. The fourth-order valence-electron chi connectivity index (χ4n) is 4.58. The Morgan fingerprint density at radius 3 is 2.32 bits per heavy atom. The first-order chi connectivity index (χ1) is 14.6. The van der Waals surface area contributed by atoms with E-state index in [2.05, 4.69) is 15.5 Å². The minimum atomic E-state index is -0.422. The molecule has 2 fully saturated rings. The van der Waals surface area contributed by atoms with Gasteiger partial charge in [0.05, 0.1) is 19.1 Å². The third-order valence-electron chi connectivity index (χ3n) is 6.40. The Hall–Kier alpha value is -1.71. The van der Waals surface area contributed by atoms with E-state index in [4.69, 9.17) is 10.5 Å². The third-order valence-corrected chi connectivity index (χ3v) is 6.40. The first-order valence-corrected chi connectivity index (χ1v) is 11.4. The summed E-state index contributed by atoms with van der Waals surface area (Å²) in [4.78, 5) is 41.2. The summed E-state index contributed by atoms with van der Waals surface area (Å²) in [6.07, 6.45) is 3.10. The van der Waals surface area contributed by atoms with E-state index in [0.717, 1.165) is 32.4 Å². The van der Waals surface area contributed by atoms with Gasteiger partial charge in [0.1, 0.15) is 6.04 Å². The van der Waals surface area contributed by atoms with E-state index >= 15 is 0 Å². The normalized spacial score (nSPS) is 22.8. The SMILES string of the molecule is CNC(=O)C1CCCN1C(=O)[C@@H](NCC(N)CN1CCC(C(=O)OC)CC1)C(C)(C)C. The van der Waals surface area contributed by atoms with Gasteiger partial charge in [0.15, 0.2) is 0 Å². The summed E-state index contributed by atoms with van der Waals surface area (Å²) < 4.78 is 4.84. The van der Waals surface area contributed by atoms with Crippen LogP contribution in [0.3, 0.4) is 0 Å². The summed E-state index contributed by atoms with van der Waals surface area (Å²) in [7, 11) is 3.04. The summed E-state index contributed by atoms with van der Waals surface area (Å²) in [5.41, 5.74) is 6.07.